The second kappa shape index (κ2) is 3.29. The van der Waals surface area contributed by atoms with Crippen LogP contribution in [0.3, 0.4) is 0 Å². The molecule has 0 bridgehead atoms. The van der Waals surface area contributed by atoms with Crippen molar-refractivity contribution < 1.29 is 4.74 Å². The molecule has 1 aromatic heterocycles. The minimum absolute atomic E-state index is 0.0432. The Labute approximate surface area is 81.6 Å². The van der Waals surface area contributed by atoms with Crippen LogP contribution in [-0.4, -0.2) is 22.4 Å². The average molecular weight is 202 g/mol. The summed E-state index contributed by atoms with van der Waals surface area (Å²) in [4.78, 5) is 0. The van der Waals surface area contributed by atoms with Crippen LogP contribution in [0.1, 0.15) is 18.1 Å². The molecule has 2 heterocycles. The van der Waals surface area contributed by atoms with E-state index in [1.807, 2.05) is 0 Å². The summed E-state index contributed by atoms with van der Waals surface area (Å²) in [6.07, 6.45) is 2.52. The highest BCUT2D eigenvalue weighted by atomic mass is 35.5. The number of halogens is 1. The maximum Gasteiger partial charge on any atom is 0.132 e. The normalized spacial score (nSPS) is 28.2. The fourth-order valence-electron chi connectivity index (χ4n) is 1.56. The topological polar surface area (TPSA) is 53.1 Å². The van der Waals surface area contributed by atoms with Gasteiger partial charge in [0.1, 0.15) is 11.3 Å². The van der Waals surface area contributed by atoms with E-state index in [9.17, 15) is 0 Å². The largest absolute Gasteiger partial charge is 0.372 e. The molecular weight excluding hydrogens is 190 g/mol. The minimum atomic E-state index is -0.0822. The van der Waals surface area contributed by atoms with Crippen LogP contribution < -0.4 is 5.73 Å². The first-order chi connectivity index (χ1) is 6.20. The number of aryl methyl sites for hydroxylation is 1. The molecular formula is C8H12ClN3O. The highest BCUT2D eigenvalue weighted by molar-refractivity contribution is 6.30. The fourth-order valence-corrected chi connectivity index (χ4v) is 1.76. The summed E-state index contributed by atoms with van der Waals surface area (Å²) >= 11 is 6.02. The zero-order chi connectivity index (χ0) is 9.42. The highest BCUT2D eigenvalue weighted by Crippen LogP contribution is 2.31. The first kappa shape index (κ1) is 8.99. The molecule has 13 heavy (non-hydrogen) atoms. The first-order valence-corrected chi connectivity index (χ1v) is 4.62. The lowest BCUT2D eigenvalue weighted by atomic mass is 10.1. The molecule has 0 unspecified atom stereocenters. The average Bonchev–Trinajstić information content (AvgIpc) is 2.62. The number of nitrogens with two attached hydrogens (primary N) is 1. The van der Waals surface area contributed by atoms with Crippen LogP contribution in [0.25, 0.3) is 0 Å². The number of hydrogen-bond acceptors (Lipinski definition) is 3. The van der Waals surface area contributed by atoms with Gasteiger partial charge in [-0.2, -0.15) is 5.10 Å². The van der Waals surface area contributed by atoms with Gasteiger partial charge in [-0.25, -0.2) is 0 Å². The summed E-state index contributed by atoms with van der Waals surface area (Å²) in [5.74, 6) is 0. The van der Waals surface area contributed by atoms with Gasteiger partial charge in [-0.15, -0.1) is 0 Å². The summed E-state index contributed by atoms with van der Waals surface area (Å²) < 4.78 is 7.10. The Bertz CT molecular complexity index is 312. The molecule has 2 N–H and O–H groups in total. The summed E-state index contributed by atoms with van der Waals surface area (Å²) in [5, 5.41) is 4.66. The van der Waals surface area contributed by atoms with Gasteiger partial charge in [0.25, 0.3) is 0 Å². The van der Waals surface area contributed by atoms with Crippen molar-refractivity contribution in [2.45, 2.75) is 18.6 Å². The molecule has 1 saturated heterocycles. The Balaban J connectivity index is 2.29. The van der Waals surface area contributed by atoms with E-state index in [0.717, 1.165) is 12.0 Å². The van der Waals surface area contributed by atoms with Crippen LogP contribution in [-0.2, 0) is 11.8 Å². The van der Waals surface area contributed by atoms with Crippen LogP contribution in [0.2, 0.25) is 5.15 Å². The Morgan fingerprint density at radius 2 is 2.54 bits per heavy atom. The lowest BCUT2D eigenvalue weighted by Gasteiger charge is -2.12. The summed E-state index contributed by atoms with van der Waals surface area (Å²) in [5.41, 5.74) is 6.77. The first-order valence-electron chi connectivity index (χ1n) is 4.24. The molecule has 0 aliphatic carbocycles. The van der Waals surface area contributed by atoms with E-state index in [0.29, 0.717) is 11.8 Å². The fraction of sp³-hybridized carbons (Fsp3) is 0.625. The number of ether oxygens (including phenoxy) is 1. The molecule has 0 amide bonds. The van der Waals surface area contributed by atoms with Gasteiger partial charge < -0.3 is 10.5 Å². The van der Waals surface area contributed by atoms with Crippen molar-refractivity contribution in [1.82, 2.24) is 9.78 Å². The molecule has 0 spiro atoms. The molecule has 5 heteroatoms. The van der Waals surface area contributed by atoms with Crippen molar-refractivity contribution >= 4 is 11.6 Å². The number of nitrogens with zero attached hydrogens (tertiary/aromatic N) is 2. The van der Waals surface area contributed by atoms with E-state index >= 15 is 0 Å². The number of aromatic nitrogens is 2. The van der Waals surface area contributed by atoms with Crippen LogP contribution in [0.5, 0.6) is 0 Å². The number of hydrogen-bond donors (Lipinski definition) is 1. The van der Waals surface area contributed by atoms with Crippen molar-refractivity contribution in [3.63, 3.8) is 0 Å². The molecule has 2 atom stereocenters. The predicted octanol–water partition coefficient (Wildman–Crippen LogP) is 0.862. The second-order valence-corrected chi connectivity index (χ2v) is 3.62. The van der Waals surface area contributed by atoms with E-state index in [2.05, 4.69) is 5.10 Å². The van der Waals surface area contributed by atoms with Crippen molar-refractivity contribution in [1.29, 1.82) is 0 Å². The molecule has 4 nitrogen and oxygen atoms in total. The zero-order valence-electron chi connectivity index (χ0n) is 7.40. The van der Waals surface area contributed by atoms with E-state index < -0.39 is 0 Å². The van der Waals surface area contributed by atoms with Gasteiger partial charge in [0.15, 0.2) is 0 Å². The monoisotopic (exact) mass is 201 g/mol. The molecule has 1 aromatic rings. The van der Waals surface area contributed by atoms with Gasteiger partial charge in [-0.1, -0.05) is 11.6 Å². The van der Waals surface area contributed by atoms with Crippen LogP contribution >= 0.6 is 11.6 Å². The van der Waals surface area contributed by atoms with Crippen molar-refractivity contribution in [2.75, 3.05) is 6.61 Å². The standard InChI is InChI=1S/C8H12ClN3O/c1-12-8(9)5(4-11-12)7-6(10)2-3-13-7/h4,6-7H,2-3,10H2,1H3/t6-,7+/m0/s1. The van der Waals surface area contributed by atoms with Gasteiger partial charge in [0, 0.05) is 25.3 Å². The van der Waals surface area contributed by atoms with Gasteiger partial charge >= 0.3 is 0 Å². The third kappa shape index (κ3) is 1.45. The Kier molecular flexibility index (Phi) is 2.27. The number of rotatable bonds is 1. The van der Waals surface area contributed by atoms with Crippen LogP contribution in [0.4, 0.5) is 0 Å². The lowest BCUT2D eigenvalue weighted by molar-refractivity contribution is 0.105. The van der Waals surface area contributed by atoms with Crippen LogP contribution in [0, 0.1) is 0 Å². The van der Waals surface area contributed by atoms with Gasteiger partial charge in [-0.3, -0.25) is 4.68 Å². The highest BCUT2D eigenvalue weighted by Gasteiger charge is 2.29. The van der Waals surface area contributed by atoms with Crippen molar-refractivity contribution in [3.05, 3.63) is 16.9 Å². The van der Waals surface area contributed by atoms with Crippen LogP contribution in [0.15, 0.2) is 6.20 Å². The summed E-state index contributed by atoms with van der Waals surface area (Å²) in [6, 6.07) is 0.0432. The molecule has 72 valence electrons. The van der Waals surface area contributed by atoms with E-state index in [-0.39, 0.29) is 12.1 Å². The van der Waals surface area contributed by atoms with Gasteiger partial charge in [0.05, 0.1) is 6.20 Å². The van der Waals surface area contributed by atoms with Crippen molar-refractivity contribution in [3.8, 4) is 0 Å². The summed E-state index contributed by atoms with van der Waals surface area (Å²) in [7, 11) is 1.80. The van der Waals surface area contributed by atoms with E-state index in [4.69, 9.17) is 22.1 Å². The van der Waals surface area contributed by atoms with E-state index in [1.165, 1.54) is 0 Å². The third-order valence-electron chi connectivity index (χ3n) is 2.34. The predicted molar refractivity (Wildman–Crippen MR) is 49.5 cm³/mol. The molecule has 0 aromatic carbocycles. The maximum atomic E-state index is 6.02. The Morgan fingerprint density at radius 3 is 3.00 bits per heavy atom. The molecule has 2 rings (SSSR count). The molecule has 1 fully saturated rings. The molecule has 1 aliphatic rings. The third-order valence-corrected chi connectivity index (χ3v) is 2.80. The molecule has 0 saturated carbocycles. The molecule has 0 radical (unpaired) electrons. The van der Waals surface area contributed by atoms with E-state index in [1.54, 1.807) is 17.9 Å². The Morgan fingerprint density at radius 1 is 1.77 bits per heavy atom. The minimum Gasteiger partial charge on any atom is -0.372 e. The van der Waals surface area contributed by atoms with Crippen molar-refractivity contribution in [2.24, 2.45) is 12.8 Å². The SMILES string of the molecule is Cn1ncc([C@H]2OCC[C@@H]2N)c1Cl. The smallest absolute Gasteiger partial charge is 0.132 e. The molecule has 1 aliphatic heterocycles. The quantitative estimate of drug-likeness (QED) is 0.734. The lowest BCUT2D eigenvalue weighted by Crippen LogP contribution is -2.23. The van der Waals surface area contributed by atoms with Gasteiger partial charge in [-0.05, 0) is 6.42 Å². The Hall–Kier alpha value is -0.580. The zero-order valence-corrected chi connectivity index (χ0v) is 8.16. The van der Waals surface area contributed by atoms with Gasteiger partial charge in [0.2, 0.25) is 0 Å². The maximum absolute atomic E-state index is 6.02. The second-order valence-electron chi connectivity index (χ2n) is 3.26. The summed E-state index contributed by atoms with van der Waals surface area (Å²) in [6.45, 7) is 0.705.